The van der Waals surface area contributed by atoms with E-state index in [4.69, 9.17) is 5.11 Å². The van der Waals surface area contributed by atoms with Gasteiger partial charge in [0.1, 0.15) is 11.5 Å². The molecule has 6 rings (SSSR count). The van der Waals surface area contributed by atoms with Crippen LogP contribution in [0.2, 0.25) is 0 Å². The van der Waals surface area contributed by atoms with Gasteiger partial charge in [0.15, 0.2) is 0 Å². The Morgan fingerprint density at radius 1 is 0.457 bits per heavy atom. The Hall–Kier alpha value is -5.00. The lowest BCUT2D eigenvalue weighted by molar-refractivity contribution is 0.474. The number of phenolic OH excluding ortho intramolecular Hbond substituents is 2. The van der Waals surface area contributed by atoms with E-state index in [1.165, 1.54) is 22.3 Å². The van der Waals surface area contributed by atoms with Crippen molar-refractivity contribution in [2.45, 2.75) is 35.1 Å². The first-order chi connectivity index (χ1) is 21.7. The summed E-state index contributed by atoms with van der Waals surface area (Å²) in [6.45, 7) is 8.34. The molecule has 0 aliphatic rings. The van der Waals surface area contributed by atoms with E-state index in [0.29, 0.717) is 5.75 Å². The maximum atomic E-state index is 9.82. The van der Waals surface area contributed by atoms with Gasteiger partial charge in [-0.15, -0.1) is 0 Å². The summed E-state index contributed by atoms with van der Waals surface area (Å²) in [7, 11) is 0. The maximum absolute atomic E-state index is 9.82. The molecule has 6 aromatic rings. The first-order valence-electron chi connectivity index (χ1n) is 14.7. The monoisotopic (exact) mass is 674 g/mol. The van der Waals surface area contributed by atoms with Gasteiger partial charge in [0.05, 0.1) is 0 Å². The van der Waals surface area contributed by atoms with Gasteiger partial charge >= 0.3 is 0 Å². The Balaban J connectivity index is 0.000000207. The van der Waals surface area contributed by atoms with E-state index in [-0.39, 0.29) is 13.2 Å². The summed E-state index contributed by atoms with van der Waals surface area (Å²) >= 11 is 3.20. The number of halogens is 1. The summed E-state index contributed by atoms with van der Waals surface area (Å²) in [6, 6.07) is 47.8. The number of benzene rings is 6. The highest BCUT2D eigenvalue weighted by Crippen LogP contribution is 2.35. The number of rotatable bonds is 5. The summed E-state index contributed by atoms with van der Waals surface area (Å²) in [4.78, 5) is 2.14. The molecule has 0 atom stereocenters. The number of anilines is 5. The zero-order chi connectivity index (χ0) is 32.2. The molecule has 0 fully saturated rings. The second-order valence-corrected chi connectivity index (χ2v) is 11.8. The number of nitrogens with zero attached hydrogens (tertiary/aromatic N) is 1. The van der Waals surface area contributed by atoms with Crippen LogP contribution >= 0.6 is 15.9 Å². The van der Waals surface area contributed by atoms with Crippen LogP contribution in [0.25, 0.3) is 0 Å². The SMILES string of the molecule is C.Cc1ccc(N(c2ccc(C)cc2)c2cccc(O)c2)cc1.Cc1ccc(Nc2ccc(C)cc2)cc1.Oc1cccc(Br)c1. The van der Waals surface area contributed by atoms with Crippen molar-refractivity contribution in [1.29, 1.82) is 0 Å². The summed E-state index contributed by atoms with van der Waals surface area (Å²) in [5.41, 5.74) is 10.3. The molecule has 0 bridgehead atoms. The number of nitrogens with one attached hydrogen (secondary N) is 1. The molecule has 0 heterocycles. The summed E-state index contributed by atoms with van der Waals surface area (Å²) < 4.78 is 0.900. The molecule has 0 aliphatic carbocycles. The first kappa shape index (κ1) is 35.5. The van der Waals surface area contributed by atoms with E-state index in [1.54, 1.807) is 30.3 Å². The number of aryl methyl sites for hydroxylation is 4. The minimum atomic E-state index is 0. The molecule has 46 heavy (non-hydrogen) atoms. The zero-order valence-corrected chi connectivity index (χ0v) is 27.7. The second kappa shape index (κ2) is 17.5. The molecule has 0 unspecified atom stereocenters. The average molecular weight is 676 g/mol. The van der Waals surface area contributed by atoms with Gasteiger partial charge in [0, 0.05) is 39.0 Å². The standard InChI is InChI=1S/C20H19NO.C14H15N.C6H5BrO.CH4/c1-15-6-10-17(11-7-15)21(18-12-8-16(2)9-13-18)19-4-3-5-20(22)14-19;1-11-3-7-13(8-4-11)15-14-9-5-12(2)6-10-14;7-5-2-1-3-6(8)4-5;/h3-14,22H,1-2H3;3-10,15H,1-2H3;1-4,8H;1H4. The van der Waals surface area contributed by atoms with Crippen LogP contribution in [-0.4, -0.2) is 10.2 Å². The molecule has 0 spiro atoms. The van der Waals surface area contributed by atoms with Crippen LogP contribution in [0.4, 0.5) is 28.4 Å². The molecule has 5 heteroatoms. The topological polar surface area (TPSA) is 55.7 Å². The van der Waals surface area contributed by atoms with Crippen molar-refractivity contribution in [3.63, 3.8) is 0 Å². The Bertz CT molecular complexity index is 1660. The highest BCUT2D eigenvalue weighted by atomic mass is 79.9. The second-order valence-electron chi connectivity index (χ2n) is 10.9. The van der Waals surface area contributed by atoms with Crippen molar-refractivity contribution in [2.75, 3.05) is 10.2 Å². The molecular weight excluding hydrogens is 632 g/mol. The van der Waals surface area contributed by atoms with E-state index in [1.807, 2.05) is 18.2 Å². The molecule has 0 saturated heterocycles. The van der Waals surface area contributed by atoms with Crippen LogP contribution in [0, 0.1) is 27.7 Å². The van der Waals surface area contributed by atoms with Gasteiger partial charge in [-0.3, -0.25) is 0 Å². The maximum Gasteiger partial charge on any atom is 0.117 e. The fourth-order valence-electron chi connectivity index (χ4n) is 4.38. The molecule has 236 valence electrons. The van der Waals surface area contributed by atoms with Gasteiger partial charge in [-0.1, -0.05) is 106 Å². The van der Waals surface area contributed by atoms with Crippen molar-refractivity contribution in [3.05, 3.63) is 172 Å². The Morgan fingerprint density at radius 3 is 1.17 bits per heavy atom. The third-order valence-electron chi connectivity index (χ3n) is 6.87. The predicted molar refractivity (Wildman–Crippen MR) is 200 cm³/mol. The lowest BCUT2D eigenvalue weighted by atomic mass is 10.1. The normalized spacial score (nSPS) is 9.85. The highest BCUT2D eigenvalue weighted by molar-refractivity contribution is 9.10. The Kier molecular flexibility index (Phi) is 13.5. The van der Waals surface area contributed by atoms with Gasteiger partial charge in [-0.25, -0.2) is 0 Å². The molecule has 4 nitrogen and oxygen atoms in total. The van der Waals surface area contributed by atoms with Gasteiger partial charge in [0.25, 0.3) is 0 Å². The molecular formula is C41H43BrN2O2. The molecule has 0 aromatic heterocycles. The Labute approximate surface area is 282 Å². The minimum Gasteiger partial charge on any atom is -0.508 e. The molecule has 0 saturated carbocycles. The fraction of sp³-hybridized carbons (Fsp3) is 0.122. The third kappa shape index (κ3) is 11.2. The summed E-state index contributed by atoms with van der Waals surface area (Å²) in [5.74, 6) is 0.557. The smallest absolute Gasteiger partial charge is 0.117 e. The first-order valence-corrected chi connectivity index (χ1v) is 15.5. The van der Waals surface area contributed by atoms with E-state index in [0.717, 1.165) is 32.9 Å². The van der Waals surface area contributed by atoms with Crippen LogP contribution in [0.15, 0.2) is 150 Å². The predicted octanol–water partition coefficient (Wildman–Crippen LogP) is 12.3. The fourth-order valence-corrected chi connectivity index (χ4v) is 4.77. The van der Waals surface area contributed by atoms with Crippen LogP contribution in [0.5, 0.6) is 11.5 Å². The summed E-state index contributed by atoms with van der Waals surface area (Å²) in [5, 5.41) is 22.0. The van der Waals surface area contributed by atoms with Crippen molar-refractivity contribution in [3.8, 4) is 11.5 Å². The largest absolute Gasteiger partial charge is 0.508 e. The third-order valence-corrected chi connectivity index (χ3v) is 7.37. The highest BCUT2D eigenvalue weighted by Gasteiger charge is 2.12. The molecule has 0 aliphatic heterocycles. The van der Waals surface area contributed by atoms with Crippen molar-refractivity contribution in [2.24, 2.45) is 0 Å². The number of aromatic hydroxyl groups is 2. The lowest BCUT2D eigenvalue weighted by Crippen LogP contribution is -2.09. The molecule has 0 amide bonds. The van der Waals surface area contributed by atoms with Gasteiger partial charge in [-0.2, -0.15) is 0 Å². The number of phenols is 2. The molecule has 3 N–H and O–H groups in total. The number of hydrogen-bond acceptors (Lipinski definition) is 4. The van der Waals surface area contributed by atoms with Crippen LogP contribution < -0.4 is 10.2 Å². The summed E-state index contributed by atoms with van der Waals surface area (Å²) in [6.07, 6.45) is 0. The van der Waals surface area contributed by atoms with Crippen LogP contribution in [0.3, 0.4) is 0 Å². The van der Waals surface area contributed by atoms with Gasteiger partial charge in [0.2, 0.25) is 0 Å². The van der Waals surface area contributed by atoms with Crippen molar-refractivity contribution < 1.29 is 10.2 Å². The molecule has 6 aromatic carbocycles. The van der Waals surface area contributed by atoms with Gasteiger partial charge in [-0.05, 0) is 107 Å². The minimum absolute atomic E-state index is 0. The average Bonchev–Trinajstić information content (AvgIpc) is 3.02. The van der Waals surface area contributed by atoms with E-state index >= 15 is 0 Å². The quantitative estimate of drug-likeness (QED) is 0.170. The van der Waals surface area contributed by atoms with Crippen LogP contribution in [-0.2, 0) is 0 Å². The molecule has 0 radical (unpaired) electrons. The lowest BCUT2D eigenvalue weighted by Gasteiger charge is -2.25. The van der Waals surface area contributed by atoms with E-state index in [2.05, 4.69) is 151 Å². The van der Waals surface area contributed by atoms with Crippen molar-refractivity contribution in [1.82, 2.24) is 0 Å². The zero-order valence-electron chi connectivity index (χ0n) is 26.1. The van der Waals surface area contributed by atoms with Gasteiger partial charge < -0.3 is 20.4 Å². The van der Waals surface area contributed by atoms with E-state index in [9.17, 15) is 5.11 Å². The van der Waals surface area contributed by atoms with Crippen LogP contribution in [0.1, 0.15) is 29.7 Å². The number of hydrogen-bond donors (Lipinski definition) is 3. The van der Waals surface area contributed by atoms with Crippen molar-refractivity contribution >= 4 is 44.4 Å². The Morgan fingerprint density at radius 2 is 0.826 bits per heavy atom. The van der Waals surface area contributed by atoms with E-state index < -0.39 is 0 Å².